The van der Waals surface area contributed by atoms with E-state index in [4.69, 9.17) is 0 Å². The van der Waals surface area contributed by atoms with Crippen molar-refractivity contribution in [1.82, 2.24) is 10.4 Å². The monoisotopic (exact) mass is 206 g/mol. The lowest BCUT2D eigenvalue weighted by atomic mass is 10.0. The van der Waals surface area contributed by atoms with Gasteiger partial charge in [-0.05, 0) is 23.6 Å². The third-order valence-corrected chi connectivity index (χ3v) is 2.16. The number of carbonyl (C=O) groups is 1. The Labute approximate surface area is 91.1 Å². The van der Waals surface area contributed by atoms with E-state index in [2.05, 4.69) is 19.3 Å². The molecule has 1 amide bonds. The Kier molecular flexibility index (Phi) is 3.86. The van der Waals surface area contributed by atoms with E-state index in [1.807, 2.05) is 24.3 Å². The smallest absolute Gasteiger partial charge is 0.265 e. The Bertz CT molecular complexity index is 328. The fraction of sp³-hybridized carbons (Fsp3) is 0.417. The summed E-state index contributed by atoms with van der Waals surface area (Å²) in [6.45, 7) is 4.27. The van der Waals surface area contributed by atoms with Crippen LogP contribution >= 0.6 is 0 Å². The number of hydrazine groups is 1. The van der Waals surface area contributed by atoms with Crippen molar-refractivity contribution in [3.05, 3.63) is 35.4 Å². The topological polar surface area (TPSA) is 32.3 Å². The first kappa shape index (κ1) is 11.7. The van der Waals surface area contributed by atoms with Crippen LogP contribution in [0.3, 0.4) is 0 Å². The normalized spacial score (nSPS) is 10.8. The Morgan fingerprint density at radius 1 is 1.20 bits per heavy atom. The van der Waals surface area contributed by atoms with Crippen LogP contribution in [0.2, 0.25) is 0 Å². The van der Waals surface area contributed by atoms with Crippen LogP contribution in [0.4, 0.5) is 0 Å². The molecule has 0 heterocycles. The molecular weight excluding hydrogens is 188 g/mol. The minimum Gasteiger partial charge on any atom is -0.285 e. The van der Waals surface area contributed by atoms with Crippen LogP contribution < -0.4 is 5.43 Å². The highest BCUT2D eigenvalue weighted by molar-refractivity contribution is 5.93. The molecule has 0 aliphatic carbocycles. The SMILES string of the molecule is CC(C)c1ccc(C(=O)NN(C)C)cc1. The maximum Gasteiger partial charge on any atom is 0.265 e. The Balaban J connectivity index is 2.75. The third-order valence-electron chi connectivity index (χ3n) is 2.16. The molecule has 0 atom stereocenters. The number of hydrogen-bond donors (Lipinski definition) is 1. The summed E-state index contributed by atoms with van der Waals surface area (Å²) >= 11 is 0. The molecule has 0 radical (unpaired) electrons. The predicted octanol–water partition coefficient (Wildman–Crippen LogP) is 2.02. The number of hydrogen-bond acceptors (Lipinski definition) is 2. The van der Waals surface area contributed by atoms with Crippen LogP contribution in [-0.2, 0) is 0 Å². The van der Waals surface area contributed by atoms with Crippen LogP contribution in [0.15, 0.2) is 24.3 Å². The van der Waals surface area contributed by atoms with Crippen molar-refractivity contribution in [2.45, 2.75) is 19.8 Å². The van der Waals surface area contributed by atoms with E-state index in [1.165, 1.54) is 5.56 Å². The number of amides is 1. The Morgan fingerprint density at radius 2 is 1.73 bits per heavy atom. The van der Waals surface area contributed by atoms with Gasteiger partial charge in [-0.2, -0.15) is 0 Å². The van der Waals surface area contributed by atoms with Crippen LogP contribution in [0.25, 0.3) is 0 Å². The predicted molar refractivity (Wildman–Crippen MR) is 61.7 cm³/mol. The van der Waals surface area contributed by atoms with Gasteiger partial charge in [0.2, 0.25) is 0 Å². The summed E-state index contributed by atoms with van der Waals surface area (Å²) in [7, 11) is 3.58. The van der Waals surface area contributed by atoms with Crippen molar-refractivity contribution in [2.75, 3.05) is 14.1 Å². The molecule has 3 nitrogen and oxygen atoms in total. The molecule has 0 saturated carbocycles. The number of carbonyl (C=O) groups excluding carboxylic acids is 1. The minimum atomic E-state index is -0.0738. The molecule has 0 unspecified atom stereocenters. The van der Waals surface area contributed by atoms with Crippen molar-refractivity contribution in [2.24, 2.45) is 0 Å². The molecule has 0 fully saturated rings. The van der Waals surface area contributed by atoms with Gasteiger partial charge in [-0.3, -0.25) is 10.2 Å². The second-order valence-corrected chi connectivity index (χ2v) is 4.11. The number of nitrogens with zero attached hydrogens (tertiary/aromatic N) is 1. The summed E-state index contributed by atoms with van der Waals surface area (Å²) in [5, 5.41) is 1.64. The van der Waals surface area contributed by atoms with Gasteiger partial charge in [0.05, 0.1) is 0 Å². The van der Waals surface area contributed by atoms with E-state index in [0.29, 0.717) is 11.5 Å². The lowest BCUT2D eigenvalue weighted by Gasteiger charge is -2.12. The van der Waals surface area contributed by atoms with Crippen LogP contribution in [0.5, 0.6) is 0 Å². The summed E-state index contributed by atoms with van der Waals surface area (Å²) in [5.41, 5.74) is 4.64. The quantitative estimate of drug-likeness (QED) is 0.767. The number of nitrogens with one attached hydrogen (secondary N) is 1. The average Bonchev–Trinajstić information content (AvgIpc) is 2.17. The number of rotatable bonds is 3. The molecule has 0 bridgehead atoms. The van der Waals surface area contributed by atoms with Crippen molar-refractivity contribution >= 4 is 5.91 Å². The van der Waals surface area contributed by atoms with Crippen molar-refractivity contribution in [1.29, 1.82) is 0 Å². The van der Waals surface area contributed by atoms with Gasteiger partial charge in [0, 0.05) is 19.7 Å². The molecule has 0 aromatic heterocycles. The Morgan fingerprint density at radius 3 is 2.13 bits per heavy atom. The molecule has 15 heavy (non-hydrogen) atoms. The van der Waals surface area contributed by atoms with E-state index in [9.17, 15) is 4.79 Å². The van der Waals surface area contributed by atoms with Crippen molar-refractivity contribution in [3.63, 3.8) is 0 Å². The zero-order chi connectivity index (χ0) is 11.4. The fourth-order valence-corrected chi connectivity index (χ4v) is 1.29. The minimum absolute atomic E-state index is 0.0738. The van der Waals surface area contributed by atoms with Crippen LogP contribution in [-0.4, -0.2) is 25.0 Å². The molecule has 82 valence electrons. The van der Waals surface area contributed by atoms with Gasteiger partial charge in [-0.15, -0.1) is 0 Å². The summed E-state index contributed by atoms with van der Waals surface area (Å²) in [6, 6.07) is 7.70. The Hall–Kier alpha value is -1.35. The first-order valence-electron chi connectivity index (χ1n) is 5.09. The lowest BCUT2D eigenvalue weighted by molar-refractivity contribution is 0.0857. The van der Waals surface area contributed by atoms with E-state index in [1.54, 1.807) is 19.1 Å². The zero-order valence-corrected chi connectivity index (χ0v) is 9.74. The molecule has 0 aliphatic rings. The molecular formula is C12H18N2O. The van der Waals surface area contributed by atoms with Crippen LogP contribution in [0, 0.1) is 0 Å². The second kappa shape index (κ2) is 4.94. The van der Waals surface area contributed by atoms with Gasteiger partial charge in [-0.25, -0.2) is 5.01 Å². The van der Waals surface area contributed by atoms with Gasteiger partial charge in [-0.1, -0.05) is 26.0 Å². The largest absolute Gasteiger partial charge is 0.285 e. The second-order valence-electron chi connectivity index (χ2n) is 4.11. The maximum absolute atomic E-state index is 11.6. The average molecular weight is 206 g/mol. The zero-order valence-electron chi connectivity index (χ0n) is 9.74. The summed E-state index contributed by atoms with van der Waals surface area (Å²) in [4.78, 5) is 11.6. The number of benzene rings is 1. The first-order chi connectivity index (χ1) is 7.00. The summed E-state index contributed by atoms with van der Waals surface area (Å²) in [5.74, 6) is 0.422. The summed E-state index contributed by atoms with van der Waals surface area (Å²) in [6.07, 6.45) is 0. The molecule has 3 heteroatoms. The molecule has 1 aromatic rings. The van der Waals surface area contributed by atoms with E-state index < -0.39 is 0 Å². The lowest BCUT2D eigenvalue weighted by Crippen LogP contribution is -2.36. The first-order valence-corrected chi connectivity index (χ1v) is 5.09. The van der Waals surface area contributed by atoms with Gasteiger partial charge in [0.1, 0.15) is 0 Å². The highest BCUT2D eigenvalue weighted by atomic mass is 16.2. The van der Waals surface area contributed by atoms with Gasteiger partial charge < -0.3 is 0 Å². The maximum atomic E-state index is 11.6. The van der Waals surface area contributed by atoms with E-state index >= 15 is 0 Å². The standard InChI is InChI=1S/C12H18N2O/c1-9(2)10-5-7-11(8-6-10)12(15)13-14(3)4/h5-9H,1-4H3,(H,13,15). The van der Waals surface area contributed by atoms with Crippen molar-refractivity contribution in [3.8, 4) is 0 Å². The van der Waals surface area contributed by atoms with E-state index in [-0.39, 0.29) is 5.91 Å². The third kappa shape index (κ3) is 3.36. The van der Waals surface area contributed by atoms with Gasteiger partial charge in [0.15, 0.2) is 0 Å². The molecule has 1 N–H and O–H groups in total. The highest BCUT2D eigenvalue weighted by Crippen LogP contribution is 2.14. The van der Waals surface area contributed by atoms with Gasteiger partial charge in [0.25, 0.3) is 5.91 Å². The van der Waals surface area contributed by atoms with Crippen LogP contribution in [0.1, 0.15) is 35.7 Å². The molecule has 1 rings (SSSR count). The molecule has 0 spiro atoms. The molecule has 1 aromatic carbocycles. The van der Waals surface area contributed by atoms with Gasteiger partial charge >= 0.3 is 0 Å². The highest BCUT2D eigenvalue weighted by Gasteiger charge is 2.06. The molecule has 0 aliphatic heterocycles. The van der Waals surface area contributed by atoms with Crippen molar-refractivity contribution < 1.29 is 4.79 Å². The summed E-state index contributed by atoms with van der Waals surface area (Å²) < 4.78 is 0. The fourth-order valence-electron chi connectivity index (χ4n) is 1.29. The van der Waals surface area contributed by atoms with E-state index in [0.717, 1.165) is 0 Å². The molecule has 0 saturated heterocycles.